The molecule has 1 fully saturated rings. The summed E-state index contributed by atoms with van der Waals surface area (Å²) in [5.74, 6) is 2.07. The molecule has 0 heterocycles. The summed E-state index contributed by atoms with van der Waals surface area (Å²) in [5.41, 5.74) is 20.1. The fourth-order valence-corrected chi connectivity index (χ4v) is 11.4. The molecule has 1 heteroatoms. The number of para-hydroxylation sites is 1. The van der Waals surface area contributed by atoms with E-state index in [4.69, 9.17) is 0 Å². The Morgan fingerprint density at radius 2 is 1.52 bits per heavy atom. The molecule has 0 N–H and O–H groups in total. The molecule has 7 aliphatic rings. The van der Waals surface area contributed by atoms with Crippen LogP contribution in [0.3, 0.4) is 0 Å². The van der Waals surface area contributed by atoms with Crippen molar-refractivity contribution in [3.63, 3.8) is 0 Å². The van der Waals surface area contributed by atoms with Gasteiger partial charge >= 0.3 is 0 Å². The van der Waals surface area contributed by atoms with Gasteiger partial charge in [0.2, 0.25) is 0 Å². The van der Waals surface area contributed by atoms with Crippen LogP contribution in [0.4, 0.5) is 11.4 Å². The lowest BCUT2D eigenvalue weighted by atomic mass is 9.67. The highest BCUT2D eigenvalue weighted by Crippen LogP contribution is 2.75. The Bertz CT molecular complexity index is 2400. The third-order valence-electron chi connectivity index (χ3n) is 13.2. The van der Waals surface area contributed by atoms with E-state index in [1.165, 1.54) is 77.0 Å². The number of hydrogen-bond acceptors (Lipinski definition) is 1. The van der Waals surface area contributed by atoms with E-state index in [0.29, 0.717) is 5.92 Å². The second-order valence-corrected chi connectivity index (χ2v) is 15.7. The van der Waals surface area contributed by atoms with Gasteiger partial charge in [-0.2, -0.15) is 0 Å². The molecule has 0 amide bonds. The Labute approximate surface area is 308 Å². The van der Waals surface area contributed by atoms with Crippen LogP contribution in [0.2, 0.25) is 0 Å². The third-order valence-corrected chi connectivity index (χ3v) is 13.2. The lowest BCUT2D eigenvalue weighted by Crippen LogP contribution is -2.31. The molecule has 0 bridgehead atoms. The van der Waals surface area contributed by atoms with Crippen LogP contribution < -0.4 is 4.90 Å². The van der Waals surface area contributed by atoms with Gasteiger partial charge in [0.1, 0.15) is 0 Å². The van der Waals surface area contributed by atoms with Gasteiger partial charge in [-0.1, -0.05) is 121 Å². The molecule has 7 aliphatic carbocycles. The van der Waals surface area contributed by atoms with Crippen LogP contribution in [0.5, 0.6) is 0 Å². The molecule has 52 heavy (non-hydrogen) atoms. The number of benzene rings is 4. The van der Waals surface area contributed by atoms with Crippen LogP contribution in [0, 0.1) is 17.8 Å². The van der Waals surface area contributed by atoms with Gasteiger partial charge in [-0.15, -0.1) is 0 Å². The summed E-state index contributed by atoms with van der Waals surface area (Å²) in [6.07, 6.45) is 31.4. The van der Waals surface area contributed by atoms with Gasteiger partial charge in [0.15, 0.2) is 0 Å². The number of anilines is 2. The highest BCUT2D eigenvalue weighted by Gasteiger charge is 2.67. The first kappa shape index (κ1) is 30.2. The maximum absolute atomic E-state index is 2.62. The topological polar surface area (TPSA) is 3.24 Å². The Balaban J connectivity index is 1.03. The molecule has 1 spiro atoms. The molecule has 4 atom stereocenters. The summed E-state index contributed by atoms with van der Waals surface area (Å²) in [7, 11) is 0. The summed E-state index contributed by atoms with van der Waals surface area (Å²) >= 11 is 0. The largest absolute Gasteiger partial charge is 0.311 e. The van der Waals surface area contributed by atoms with Crippen molar-refractivity contribution in [2.75, 3.05) is 4.90 Å². The number of allylic oxidation sites excluding steroid dienone is 15. The highest BCUT2D eigenvalue weighted by atomic mass is 15.1. The zero-order valence-electron chi connectivity index (χ0n) is 29.6. The van der Waals surface area contributed by atoms with Gasteiger partial charge in [-0.3, -0.25) is 0 Å². The fourth-order valence-electron chi connectivity index (χ4n) is 11.4. The average Bonchev–Trinajstić information content (AvgIpc) is 3.53. The summed E-state index contributed by atoms with van der Waals surface area (Å²) in [6, 6.07) is 37.1. The molecule has 4 aromatic rings. The van der Waals surface area contributed by atoms with Crippen LogP contribution in [-0.4, -0.2) is 0 Å². The number of hydrogen-bond donors (Lipinski definition) is 0. The molecule has 0 aliphatic heterocycles. The zero-order chi connectivity index (χ0) is 34.2. The van der Waals surface area contributed by atoms with Gasteiger partial charge in [-0.05, 0) is 154 Å². The molecular weight excluding hydrogens is 627 g/mol. The van der Waals surface area contributed by atoms with Crippen LogP contribution >= 0.6 is 0 Å². The predicted molar refractivity (Wildman–Crippen MR) is 217 cm³/mol. The molecule has 11 rings (SSSR count). The van der Waals surface area contributed by atoms with Crippen molar-refractivity contribution >= 4 is 22.5 Å². The number of rotatable bonds is 5. The summed E-state index contributed by atoms with van der Waals surface area (Å²) < 4.78 is 0. The van der Waals surface area contributed by atoms with E-state index < -0.39 is 0 Å². The van der Waals surface area contributed by atoms with E-state index in [9.17, 15) is 0 Å². The van der Waals surface area contributed by atoms with Gasteiger partial charge in [0, 0.05) is 23.0 Å². The summed E-state index contributed by atoms with van der Waals surface area (Å²) in [4.78, 5) is 2.43. The minimum atomic E-state index is 0.00535. The fraction of sp³-hybridized carbons (Fsp3) is 0.216. The molecular formula is C51H43N. The van der Waals surface area contributed by atoms with E-state index >= 15 is 0 Å². The van der Waals surface area contributed by atoms with E-state index in [2.05, 4.69) is 163 Å². The van der Waals surface area contributed by atoms with Crippen molar-refractivity contribution in [3.8, 4) is 11.1 Å². The Hall–Kier alpha value is -5.40. The van der Waals surface area contributed by atoms with E-state index in [0.717, 1.165) is 24.7 Å². The smallest absolute Gasteiger partial charge is 0.0503 e. The minimum absolute atomic E-state index is 0.00535. The lowest BCUT2D eigenvalue weighted by Gasteiger charge is -2.34. The van der Waals surface area contributed by atoms with Crippen LogP contribution in [0.15, 0.2) is 180 Å². The van der Waals surface area contributed by atoms with E-state index in [1.807, 2.05) is 5.57 Å². The quantitative estimate of drug-likeness (QED) is 0.204. The van der Waals surface area contributed by atoms with Gasteiger partial charge in [0.05, 0.1) is 5.41 Å². The van der Waals surface area contributed by atoms with Crippen LogP contribution in [-0.2, 0) is 5.41 Å². The first-order valence-corrected chi connectivity index (χ1v) is 19.6. The van der Waals surface area contributed by atoms with Gasteiger partial charge in [-0.25, -0.2) is 0 Å². The average molecular weight is 670 g/mol. The molecule has 0 saturated heterocycles. The number of nitrogens with zero attached hydrogens (tertiary/aromatic N) is 1. The van der Waals surface area contributed by atoms with Crippen molar-refractivity contribution in [3.05, 3.63) is 202 Å². The van der Waals surface area contributed by atoms with Gasteiger partial charge < -0.3 is 4.90 Å². The zero-order valence-corrected chi connectivity index (χ0v) is 29.6. The van der Waals surface area contributed by atoms with E-state index in [1.54, 1.807) is 27.8 Å². The summed E-state index contributed by atoms with van der Waals surface area (Å²) in [6.45, 7) is 0. The minimum Gasteiger partial charge on any atom is -0.311 e. The molecule has 1 saturated carbocycles. The lowest BCUT2D eigenvalue weighted by molar-refractivity contribution is 0.303. The maximum Gasteiger partial charge on any atom is 0.0503 e. The third kappa shape index (κ3) is 4.29. The normalized spacial score (nSPS) is 26.0. The second kappa shape index (κ2) is 11.8. The van der Waals surface area contributed by atoms with Crippen molar-refractivity contribution in [1.29, 1.82) is 0 Å². The van der Waals surface area contributed by atoms with Crippen molar-refractivity contribution in [2.24, 2.45) is 17.8 Å². The maximum atomic E-state index is 2.62. The molecule has 4 aromatic carbocycles. The van der Waals surface area contributed by atoms with Crippen molar-refractivity contribution in [2.45, 2.75) is 50.4 Å². The van der Waals surface area contributed by atoms with Crippen LogP contribution in [0.25, 0.3) is 22.3 Å². The molecule has 1 nitrogen and oxygen atoms in total. The molecule has 4 unspecified atom stereocenters. The number of fused-ring (bicyclic) bond motifs is 5. The first-order valence-electron chi connectivity index (χ1n) is 19.6. The van der Waals surface area contributed by atoms with Crippen molar-refractivity contribution in [1.82, 2.24) is 0 Å². The second-order valence-electron chi connectivity index (χ2n) is 15.7. The molecule has 252 valence electrons. The standard InChI is InChI=1S/C51H43N/c1-2-5-15-34(14-4-1)35-16-10-20-39(30-28-35)52(38-18-6-3-7-19-38)40-21-11-17-36(32-40)37-29-31-42-44-24-13-26-46-45-25-12-23-43-41-22-8-9-27-47(41)51(49(43)45,50(44)46)48(42)33-37/h1,3-9,11,14-22,24,27-33,45-46,50H,2,10,12-13,23,25-26H2. The van der Waals surface area contributed by atoms with Crippen molar-refractivity contribution < 1.29 is 0 Å². The first-order chi connectivity index (χ1) is 25.8. The Morgan fingerprint density at radius 3 is 2.48 bits per heavy atom. The SMILES string of the molecule is C1=CCC=CC(C2=CCC=C(N(c3ccccc3)c3cccc(-c4ccc5c(c4)C46C7=C(CCCC7C7CCC=C5C74)c4ccccc46)c3)C=C2)=C1. The Kier molecular flexibility index (Phi) is 6.88. The van der Waals surface area contributed by atoms with Gasteiger partial charge in [0.25, 0.3) is 0 Å². The predicted octanol–water partition coefficient (Wildman–Crippen LogP) is 13.0. The van der Waals surface area contributed by atoms with E-state index in [-0.39, 0.29) is 5.41 Å². The monoisotopic (exact) mass is 669 g/mol. The molecule has 0 radical (unpaired) electrons. The summed E-state index contributed by atoms with van der Waals surface area (Å²) in [5, 5.41) is 0. The highest BCUT2D eigenvalue weighted by molar-refractivity contribution is 5.95. The molecule has 0 aromatic heterocycles. The van der Waals surface area contributed by atoms with Crippen LogP contribution in [0.1, 0.15) is 67.2 Å². The Morgan fingerprint density at radius 1 is 0.635 bits per heavy atom.